The molecule has 0 radical (unpaired) electrons. The maximum absolute atomic E-state index is 12.9. The molecule has 15 nitrogen and oxygen atoms in total. The Morgan fingerprint density at radius 3 is 1.47 bits per heavy atom. The second-order valence-corrected chi connectivity index (χ2v) is 16.6. The van der Waals surface area contributed by atoms with E-state index in [1.807, 2.05) is 18.2 Å². The van der Waals surface area contributed by atoms with Crippen molar-refractivity contribution >= 4 is 11.9 Å². The third-order valence-electron chi connectivity index (χ3n) is 11.0. The summed E-state index contributed by atoms with van der Waals surface area (Å²) in [5, 5.41) is 71.9. The zero-order valence-corrected chi connectivity index (χ0v) is 38.5. The van der Waals surface area contributed by atoms with E-state index in [2.05, 4.69) is 44.2 Å². The van der Waals surface area contributed by atoms with Crippen molar-refractivity contribution in [3.05, 3.63) is 60.8 Å². The van der Waals surface area contributed by atoms with Crippen molar-refractivity contribution in [3.63, 3.8) is 0 Å². The van der Waals surface area contributed by atoms with Gasteiger partial charge in [0.1, 0.15) is 55.4 Å². The van der Waals surface area contributed by atoms with Crippen molar-refractivity contribution in [2.75, 3.05) is 26.4 Å². The Kier molecular flexibility index (Phi) is 32.5. The van der Waals surface area contributed by atoms with E-state index >= 15 is 0 Å². The second kappa shape index (κ2) is 36.3. The standard InChI is InChI=1S/C49H82O15/c1-3-5-7-9-11-13-15-17-19-21-23-25-27-29-31-40(51)59-34-37(62-41(52)32-30-28-26-24-22-20-18-16-14-12-10-8-6-4-2)35-60-48-47(58)45(56)43(54)39(64-48)36-61-49-46(57)44(55)42(53)38(33-50)63-49/h15,17,21-24,27-30,37-39,42-50,53-58H,3-14,16,18-20,25-26,31-36H2,1-2H3/t37-,38-,39-,42+,43+,44?,45?,46?,47?,48-,49+/m1/s1. The van der Waals surface area contributed by atoms with E-state index < -0.39 is 99.3 Å². The molecule has 0 aromatic rings. The molecule has 0 aliphatic carbocycles. The van der Waals surface area contributed by atoms with Gasteiger partial charge in [0.15, 0.2) is 18.7 Å². The predicted octanol–water partition coefficient (Wildman–Crippen LogP) is 5.70. The van der Waals surface area contributed by atoms with E-state index in [9.17, 15) is 45.3 Å². The van der Waals surface area contributed by atoms with Crippen molar-refractivity contribution in [2.45, 2.75) is 210 Å². The van der Waals surface area contributed by atoms with Gasteiger partial charge in [0.2, 0.25) is 0 Å². The zero-order chi connectivity index (χ0) is 46.8. The van der Waals surface area contributed by atoms with Crippen LogP contribution in [0.2, 0.25) is 0 Å². The Bertz CT molecular complexity index is 1350. The molecule has 0 saturated carbocycles. The Balaban J connectivity index is 1.91. The molecule has 368 valence electrons. The number of aliphatic hydroxyl groups excluding tert-OH is 7. The quantitative estimate of drug-likeness (QED) is 0.0230. The monoisotopic (exact) mass is 911 g/mol. The van der Waals surface area contributed by atoms with Crippen LogP contribution in [0.1, 0.15) is 142 Å². The van der Waals surface area contributed by atoms with Crippen LogP contribution in [0.5, 0.6) is 0 Å². The molecule has 64 heavy (non-hydrogen) atoms. The van der Waals surface area contributed by atoms with Crippen molar-refractivity contribution in [3.8, 4) is 0 Å². The van der Waals surface area contributed by atoms with Crippen LogP contribution in [-0.2, 0) is 38.0 Å². The first-order chi connectivity index (χ1) is 31.0. The average Bonchev–Trinajstić information content (AvgIpc) is 3.29. The summed E-state index contributed by atoms with van der Waals surface area (Å²) in [6.07, 6.45) is 23.2. The van der Waals surface area contributed by atoms with Crippen LogP contribution in [0.15, 0.2) is 60.8 Å². The topological polar surface area (TPSA) is 231 Å². The maximum atomic E-state index is 12.9. The number of ether oxygens (including phenoxy) is 6. The fraction of sp³-hybridized carbons (Fsp3) is 0.755. The largest absolute Gasteiger partial charge is 0.461 e. The lowest BCUT2D eigenvalue weighted by atomic mass is 9.98. The Hall–Kier alpha value is -2.80. The molecule has 2 rings (SSSR count). The molecule has 2 aliphatic heterocycles. The predicted molar refractivity (Wildman–Crippen MR) is 243 cm³/mol. The Morgan fingerprint density at radius 1 is 0.500 bits per heavy atom. The lowest BCUT2D eigenvalue weighted by molar-refractivity contribution is -0.332. The molecule has 0 bridgehead atoms. The van der Waals surface area contributed by atoms with Gasteiger partial charge >= 0.3 is 11.9 Å². The van der Waals surface area contributed by atoms with Crippen LogP contribution >= 0.6 is 0 Å². The zero-order valence-electron chi connectivity index (χ0n) is 38.5. The lowest BCUT2D eigenvalue weighted by Gasteiger charge is -2.42. The van der Waals surface area contributed by atoms with Crippen LogP contribution in [0.4, 0.5) is 0 Å². The number of rotatable bonds is 35. The molecule has 2 aliphatic rings. The number of hydrogen-bond acceptors (Lipinski definition) is 15. The van der Waals surface area contributed by atoms with Crippen molar-refractivity contribution in [1.82, 2.24) is 0 Å². The van der Waals surface area contributed by atoms with Crippen LogP contribution in [-0.4, -0.2) is 142 Å². The normalized spacial score (nSPS) is 27.1. The molecule has 11 atom stereocenters. The number of unbranched alkanes of at least 4 members (excludes halogenated alkanes) is 13. The third kappa shape index (κ3) is 24.6. The summed E-state index contributed by atoms with van der Waals surface area (Å²) < 4.78 is 33.2. The van der Waals surface area contributed by atoms with Gasteiger partial charge in [0.25, 0.3) is 0 Å². The first-order valence-electron chi connectivity index (χ1n) is 23.9. The van der Waals surface area contributed by atoms with E-state index in [0.29, 0.717) is 12.8 Å². The summed E-state index contributed by atoms with van der Waals surface area (Å²) in [6, 6.07) is 0. The van der Waals surface area contributed by atoms with Crippen molar-refractivity contribution in [2.24, 2.45) is 0 Å². The Labute approximate surface area is 381 Å². The van der Waals surface area contributed by atoms with Crippen LogP contribution in [0.3, 0.4) is 0 Å². The van der Waals surface area contributed by atoms with E-state index in [0.717, 1.165) is 25.7 Å². The SMILES string of the molecule is CCCCCCCC=CCC=CCC=CCC(=O)OC[C@H](CO[C@@H]1O[C@H](CO[C@H]2O[C@H](CO)[C@H](O)C(O)C2O)[C@H](O)C(O)C1O)OC(=O)CC=CCC=CCCCCCCCCCC. The van der Waals surface area contributed by atoms with Gasteiger partial charge in [-0.25, -0.2) is 0 Å². The molecule has 0 aromatic heterocycles. The van der Waals surface area contributed by atoms with Crippen LogP contribution in [0.25, 0.3) is 0 Å². The smallest absolute Gasteiger partial charge is 0.310 e. The highest BCUT2D eigenvalue weighted by atomic mass is 16.7. The highest BCUT2D eigenvalue weighted by Crippen LogP contribution is 2.26. The van der Waals surface area contributed by atoms with Crippen LogP contribution in [0, 0.1) is 0 Å². The first-order valence-corrected chi connectivity index (χ1v) is 23.9. The van der Waals surface area contributed by atoms with Gasteiger partial charge in [0, 0.05) is 0 Å². The third-order valence-corrected chi connectivity index (χ3v) is 11.0. The summed E-state index contributed by atoms with van der Waals surface area (Å²) in [5.41, 5.74) is 0. The average molecular weight is 911 g/mol. The molecule has 4 unspecified atom stereocenters. The van der Waals surface area contributed by atoms with Gasteiger partial charge in [-0.3, -0.25) is 9.59 Å². The second-order valence-electron chi connectivity index (χ2n) is 16.6. The molecule has 0 spiro atoms. The first kappa shape index (κ1) is 57.3. The number of hydrogen-bond donors (Lipinski definition) is 7. The molecule has 7 N–H and O–H groups in total. The van der Waals surface area contributed by atoms with E-state index in [1.54, 1.807) is 12.2 Å². The maximum Gasteiger partial charge on any atom is 0.310 e. The van der Waals surface area contributed by atoms with Gasteiger partial charge in [-0.15, -0.1) is 0 Å². The summed E-state index contributed by atoms with van der Waals surface area (Å²) in [6.45, 7) is 2.37. The highest BCUT2D eigenvalue weighted by molar-refractivity contribution is 5.72. The van der Waals surface area contributed by atoms with E-state index in [4.69, 9.17) is 28.4 Å². The fourth-order valence-electron chi connectivity index (χ4n) is 7.05. The number of carbonyl (C=O) groups is 2. The molecule has 15 heteroatoms. The number of aliphatic hydroxyl groups is 7. The summed E-state index contributed by atoms with van der Waals surface area (Å²) in [7, 11) is 0. The van der Waals surface area contributed by atoms with Crippen molar-refractivity contribution in [1.29, 1.82) is 0 Å². The molecule has 2 fully saturated rings. The summed E-state index contributed by atoms with van der Waals surface area (Å²) in [4.78, 5) is 25.5. The number of carbonyl (C=O) groups excluding carboxylic acids is 2. The molecular weight excluding hydrogens is 829 g/mol. The minimum absolute atomic E-state index is 0.0206. The minimum atomic E-state index is -1.79. The molecule has 0 amide bonds. The summed E-state index contributed by atoms with van der Waals surface area (Å²) in [5.74, 6) is -1.19. The fourth-order valence-corrected chi connectivity index (χ4v) is 7.05. The molecule has 2 saturated heterocycles. The summed E-state index contributed by atoms with van der Waals surface area (Å²) >= 11 is 0. The van der Waals surface area contributed by atoms with Gasteiger partial charge in [-0.2, -0.15) is 0 Å². The molecule has 2 heterocycles. The van der Waals surface area contributed by atoms with E-state index in [1.165, 1.54) is 77.0 Å². The van der Waals surface area contributed by atoms with Gasteiger partial charge in [-0.05, 0) is 44.9 Å². The Morgan fingerprint density at radius 2 is 0.938 bits per heavy atom. The van der Waals surface area contributed by atoms with Crippen molar-refractivity contribution < 1.29 is 73.8 Å². The molecular formula is C49H82O15. The van der Waals surface area contributed by atoms with Crippen LogP contribution < -0.4 is 0 Å². The lowest BCUT2D eigenvalue weighted by Crippen LogP contribution is -2.61. The van der Waals surface area contributed by atoms with Gasteiger partial charge in [-0.1, -0.05) is 145 Å². The number of esters is 2. The highest BCUT2D eigenvalue weighted by Gasteiger charge is 2.47. The van der Waals surface area contributed by atoms with Gasteiger partial charge < -0.3 is 64.2 Å². The number of allylic oxidation sites excluding steroid dienone is 8. The molecule has 0 aromatic carbocycles. The minimum Gasteiger partial charge on any atom is -0.461 e. The van der Waals surface area contributed by atoms with Gasteiger partial charge in [0.05, 0.1) is 32.7 Å². The van der Waals surface area contributed by atoms with E-state index in [-0.39, 0.29) is 19.4 Å².